The highest BCUT2D eigenvalue weighted by Crippen LogP contribution is 2.75. The molecular formula is C47H63N3O5. The van der Waals surface area contributed by atoms with Crippen LogP contribution in [0, 0.1) is 44.8 Å². The average Bonchev–Trinajstić information content (AvgIpc) is 3.71. The molecule has 0 bridgehead atoms. The molecule has 8 heteroatoms. The minimum Gasteiger partial charge on any atom is -0.465 e. The van der Waals surface area contributed by atoms with Crippen LogP contribution in [0.1, 0.15) is 136 Å². The van der Waals surface area contributed by atoms with Crippen molar-refractivity contribution < 1.29 is 23.9 Å². The predicted molar refractivity (Wildman–Crippen MR) is 211 cm³/mol. The lowest BCUT2D eigenvalue weighted by atomic mass is 9.33. The van der Waals surface area contributed by atoms with E-state index < -0.39 is 10.8 Å². The van der Waals surface area contributed by atoms with Gasteiger partial charge >= 0.3 is 11.9 Å². The number of carbonyl (C=O) groups excluding carboxylic acids is 3. The molecule has 5 aliphatic carbocycles. The van der Waals surface area contributed by atoms with Crippen LogP contribution in [-0.2, 0) is 42.3 Å². The van der Waals surface area contributed by atoms with Crippen LogP contribution in [0.5, 0.6) is 0 Å². The molecule has 0 unspecified atom stereocenters. The molecule has 0 N–H and O–H groups in total. The molecule has 55 heavy (non-hydrogen) atoms. The Bertz CT molecular complexity index is 1850. The number of hydrogen-bond acceptors (Lipinski definition) is 7. The Kier molecular flexibility index (Phi) is 9.64. The van der Waals surface area contributed by atoms with Crippen molar-refractivity contribution in [2.75, 3.05) is 19.7 Å². The zero-order chi connectivity index (χ0) is 38.9. The van der Waals surface area contributed by atoms with E-state index in [2.05, 4.69) is 47.6 Å². The molecule has 1 aliphatic heterocycles. The average molecular weight is 750 g/mol. The summed E-state index contributed by atoms with van der Waals surface area (Å²) in [6.07, 6.45) is 17.2. The van der Waals surface area contributed by atoms with Crippen molar-refractivity contribution in [3.8, 4) is 0 Å². The van der Waals surface area contributed by atoms with Crippen LogP contribution in [-0.4, -0.2) is 52.4 Å². The van der Waals surface area contributed by atoms with Crippen LogP contribution < -0.4 is 0 Å². The fourth-order valence-electron chi connectivity index (χ4n) is 13.4. The second-order valence-corrected chi connectivity index (χ2v) is 20.1. The third-order valence-electron chi connectivity index (χ3n) is 16.7. The molecule has 0 spiro atoms. The van der Waals surface area contributed by atoms with Crippen LogP contribution >= 0.6 is 0 Å². The monoisotopic (exact) mass is 749 g/mol. The minimum absolute atomic E-state index is 0.00376. The first-order valence-electron chi connectivity index (χ1n) is 21.3. The van der Waals surface area contributed by atoms with Crippen LogP contribution in [0.2, 0.25) is 0 Å². The van der Waals surface area contributed by atoms with E-state index in [4.69, 9.17) is 19.4 Å². The number of likely N-dealkylation sites (tertiary alicyclic amines) is 1. The molecule has 2 aromatic rings. The first kappa shape index (κ1) is 38.3. The molecule has 2 heterocycles. The van der Waals surface area contributed by atoms with Gasteiger partial charge in [0.25, 0.3) is 0 Å². The number of carbonyl (C=O) groups is 3. The lowest BCUT2D eigenvalue weighted by molar-refractivity contribution is -0.185. The summed E-state index contributed by atoms with van der Waals surface area (Å²) in [6.45, 7) is 16.8. The van der Waals surface area contributed by atoms with Crippen molar-refractivity contribution in [2.45, 2.75) is 137 Å². The highest BCUT2D eigenvalue weighted by molar-refractivity contribution is 5.81. The first-order valence-corrected chi connectivity index (χ1v) is 21.3. The molecule has 1 aromatic carbocycles. The maximum absolute atomic E-state index is 14.4. The third-order valence-corrected chi connectivity index (χ3v) is 16.7. The Morgan fingerprint density at radius 1 is 0.836 bits per heavy atom. The Morgan fingerprint density at radius 2 is 1.56 bits per heavy atom. The molecule has 8 atom stereocenters. The van der Waals surface area contributed by atoms with Gasteiger partial charge in [-0.2, -0.15) is 0 Å². The van der Waals surface area contributed by atoms with Crippen LogP contribution in [0.15, 0.2) is 54.4 Å². The highest BCUT2D eigenvalue weighted by atomic mass is 16.5. The van der Waals surface area contributed by atoms with E-state index in [1.54, 1.807) is 6.20 Å². The highest BCUT2D eigenvalue weighted by Gasteiger charge is 2.70. The fraction of sp³-hybridized carbons (Fsp3) is 0.681. The summed E-state index contributed by atoms with van der Waals surface area (Å²) in [5.41, 5.74) is 3.54. The van der Waals surface area contributed by atoms with Gasteiger partial charge in [-0.1, -0.05) is 83.5 Å². The van der Waals surface area contributed by atoms with E-state index in [1.165, 1.54) is 5.57 Å². The van der Waals surface area contributed by atoms with Crippen molar-refractivity contribution in [1.29, 1.82) is 0 Å². The van der Waals surface area contributed by atoms with Gasteiger partial charge < -0.3 is 14.4 Å². The normalized spacial score (nSPS) is 37.2. The van der Waals surface area contributed by atoms with E-state index in [9.17, 15) is 14.4 Å². The maximum Gasteiger partial charge on any atom is 0.313 e. The number of amides is 1. The molecule has 8 nitrogen and oxygen atoms in total. The number of nitrogens with zero attached hydrogens (tertiary/aromatic N) is 3. The number of allylic oxidation sites excluding steroid dienone is 2. The Morgan fingerprint density at radius 3 is 2.33 bits per heavy atom. The lowest BCUT2D eigenvalue weighted by Crippen LogP contribution is -2.65. The quantitative estimate of drug-likeness (QED) is 0.196. The van der Waals surface area contributed by atoms with Gasteiger partial charge in [0.05, 0.1) is 23.2 Å². The molecule has 0 radical (unpaired) electrons. The zero-order valence-electron chi connectivity index (χ0n) is 34.3. The Labute approximate surface area is 328 Å². The summed E-state index contributed by atoms with van der Waals surface area (Å²) in [5, 5.41) is 0. The summed E-state index contributed by atoms with van der Waals surface area (Å²) >= 11 is 0. The molecule has 4 fully saturated rings. The molecule has 1 aromatic heterocycles. The van der Waals surface area contributed by atoms with Crippen molar-refractivity contribution >= 4 is 17.8 Å². The van der Waals surface area contributed by atoms with Crippen molar-refractivity contribution in [1.82, 2.24) is 14.9 Å². The van der Waals surface area contributed by atoms with Crippen molar-refractivity contribution in [2.24, 2.45) is 44.8 Å². The summed E-state index contributed by atoms with van der Waals surface area (Å²) in [6, 6.07) is 10.1. The largest absolute Gasteiger partial charge is 0.465 e. The lowest BCUT2D eigenvalue weighted by Gasteiger charge is -2.70. The molecule has 6 aliphatic rings. The number of esters is 2. The first-order chi connectivity index (χ1) is 26.2. The van der Waals surface area contributed by atoms with Crippen LogP contribution in [0.4, 0.5) is 0 Å². The Balaban J connectivity index is 1.08. The van der Waals surface area contributed by atoms with Gasteiger partial charge in [0.1, 0.15) is 13.2 Å². The van der Waals surface area contributed by atoms with Crippen LogP contribution in [0.25, 0.3) is 0 Å². The molecule has 8 rings (SSSR count). The molecule has 1 saturated heterocycles. The van der Waals surface area contributed by atoms with Crippen molar-refractivity contribution in [3.63, 3.8) is 0 Å². The molecule has 3 saturated carbocycles. The number of aromatic nitrogens is 2. The van der Waals surface area contributed by atoms with Gasteiger partial charge in [0.15, 0.2) is 0 Å². The summed E-state index contributed by atoms with van der Waals surface area (Å²) in [5.74, 6) is 0.521. The standard InChI is InChI=1S/C47H63N3O5/c1-42(2)20-22-47(41(53)54-30-32-12-8-7-9-13-32)23-21-45(5)33(34(47)28-42)14-15-37-43(3)29-35-40(49-25-24-48-35)44(4,36(43)18-19-46(37,45)6)31-55-39(52)17-16-38(51)50-26-10-11-27-50/h7-9,12-14,24-25,34,36-37H,10-11,15-23,26-31H2,1-6H3/t34-,36+,37+,43-,44-,45+,46+,47-/m0/s1. The second kappa shape index (κ2) is 13.8. The SMILES string of the molecule is CC1(C)CC[C@]2(C(=O)OCc3ccccc3)CC[C@]3(C)C(=CC[C@@H]4[C@@]5(C)Cc6nccnc6[C@@](C)(COC(=O)CCC(=O)N6CCCC6)[C@@H]5CC[C@]43C)[C@@H]2C1. The van der Waals surface area contributed by atoms with Crippen LogP contribution in [0.3, 0.4) is 0 Å². The van der Waals surface area contributed by atoms with Gasteiger partial charge in [-0.25, -0.2) is 0 Å². The summed E-state index contributed by atoms with van der Waals surface area (Å²) in [7, 11) is 0. The smallest absolute Gasteiger partial charge is 0.313 e. The maximum atomic E-state index is 14.4. The molecule has 296 valence electrons. The van der Waals surface area contributed by atoms with Gasteiger partial charge in [-0.05, 0) is 116 Å². The number of hydrogen-bond donors (Lipinski definition) is 0. The minimum atomic E-state index is -0.505. The van der Waals surface area contributed by atoms with E-state index in [0.29, 0.717) is 12.5 Å². The summed E-state index contributed by atoms with van der Waals surface area (Å²) < 4.78 is 12.4. The van der Waals surface area contributed by atoms with Gasteiger partial charge in [-0.15, -0.1) is 0 Å². The van der Waals surface area contributed by atoms with E-state index >= 15 is 0 Å². The van der Waals surface area contributed by atoms with Crippen molar-refractivity contribution in [3.05, 3.63) is 71.3 Å². The molecule has 1 amide bonds. The van der Waals surface area contributed by atoms with Gasteiger partial charge in [-0.3, -0.25) is 24.4 Å². The number of rotatable bonds is 8. The van der Waals surface area contributed by atoms with Gasteiger partial charge in [0, 0.05) is 37.3 Å². The zero-order valence-corrected chi connectivity index (χ0v) is 34.3. The number of benzene rings is 1. The van der Waals surface area contributed by atoms with E-state index in [1.807, 2.05) is 41.4 Å². The Hall–Kier alpha value is -3.55. The van der Waals surface area contributed by atoms with E-state index in [-0.39, 0.29) is 70.8 Å². The third kappa shape index (κ3) is 6.18. The number of ether oxygens (including phenoxy) is 2. The second-order valence-electron chi connectivity index (χ2n) is 20.1. The predicted octanol–water partition coefficient (Wildman–Crippen LogP) is 8.96. The fourth-order valence-corrected chi connectivity index (χ4v) is 13.4. The number of fused-ring (bicyclic) bond motifs is 8. The van der Waals surface area contributed by atoms with E-state index in [0.717, 1.165) is 101 Å². The molecular weight excluding hydrogens is 687 g/mol. The van der Waals surface area contributed by atoms with Gasteiger partial charge in [0.2, 0.25) is 5.91 Å². The topological polar surface area (TPSA) is 98.7 Å². The summed E-state index contributed by atoms with van der Waals surface area (Å²) in [4.78, 5) is 52.2.